The number of nitrogens with zero attached hydrogens (tertiary/aromatic N) is 3. The highest BCUT2D eigenvalue weighted by atomic mass is 16.5. The van der Waals surface area contributed by atoms with E-state index in [9.17, 15) is 4.79 Å². The Labute approximate surface area is 146 Å². The number of hydrogen-bond donors (Lipinski definition) is 0. The van der Waals surface area contributed by atoms with Gasteiger partial charge in [-0.15, -0.1) is 10.2 Å². The molecule has 134 valence electrons. The Morgan fingerprint density at radius 1 is 1.28 bits per heavy atom. The maximum Gasteiger partial charge on any atom is 0.309 e. The van der Waals surface area contributed by atoms with Crippen LogP contribution in [0.3, 0.4) is 0 Å². The second kappa shape index (κ2) is 7.55. The van der Waals surface area contributed by atoms with E-state index < -0.39 is 0 Å². The van der Waals surface area contributed by atoms with Gasteiger partial charge in [0.2, 0.25) is 0 Å². The molecule has 25 heavy (non-hydrogen) atoms. The Hall–Kier alpha value is -2.57. The van der Waals surface area contributed by atoms with Gasteiger partial charge in [0.25, 0.3) is 0 Å². The number of methoxy groups -OCH3 is 1. The third-order valence-electron chi connectivity index (χ3n) is 4.33. The summed E-state index contributed by atoms with van der Waals surface area (Å²) in [5.74, 6) is 2.81. The largest absolute Gasteiger partial charge is 0.494 e. The van der Waals surface area contributed by atoms with Crippen molar-refractivity contribution in [2.75, 3.05) is 13.7 Å². The lowest BCUT2D eigenvalue weighted by Crippen LogP contribution is -2.28. The molecule has 7 heteroatoms. The first kappa shape index (κ1) is 17.3. The van der Waals surface area contributed by atoms with Gasteiger partial charge >= 0.3 is 5.97 Å². The van der Waals surface area contributed by atoms with Crippen LogP contribution in [0.1, 0.15) is 38.0 Å². The molecule has 1 aromatic carbocycles. The van der Waals surface area contributed by atoms with Gasteiger partial charge < -0.3 is 18.8 Å². The molecule has 1 aromatic heterocycles. The number of aromatic nitrogens is 3. The Kier molecular flexibility index (Phi) is 5.21. The van der Waals surface area contributed by atoms with Crippen molar-refractivity contribution in [3.8, 4) is 11.5 Å². The molecule has 0 radical (unpaired) electrons. The molecule has 2 unspecified atom stereocenters. The van der Waals surface area contributed by atoms with Crippen molar-refractivity contribution in [3.63, 3.8) is 0 Å². The second-order valence-corrected chi connectivity index (χ2v) is 6.00. The number of carbonyl (C=O) groups is 1. The highest BCUT2D eigenvalue weighted by Gasteiger charge is 2.30. The van der Waals surface area contributed by atoms with Gasteiger partial charge in [0, 0.05) is 13.0 Å². The highest BCUT2D eigenvalue weighted by Crippen LogP contribution is 2.27. The molecule has 7 nitrogen and oxygen atoms in total. The average Bonchev–Trinajstić information content (AvgIpc) is 3.06. The number of esters is 1. The molecule has 0 saturated heterocycles. The van der Waals surface area contributed by atoms with E-state index in [0.717, 1.165) is 29.6 Å². The van der Waals surface area contributed by atoms with Crippen LogP contribution in [0.25, 0.3) is 0 Å². The molecule has 0 aliphatic carbocycles. The Bertz CT molecular complexity index is 726. The number of rotatable bonds is 6. The van der Waals surface area contributed by atoms with Crippen LogP contribution in [0.2, 0.25) is 0 Å². The first-order valence-electron chi connectivity index (χ1n) is 8.51. The zero-order chi connectivity index (χ0) is 17.8. The topological polar surface area (TPSA) is 75.5 Å². The lowest BCUT2D eigenvalue weighted by atomic mass is 9.98. The summed E-state index contributed by atoms with van der Waals surface area (Å²) in [6.45, 7) is 5.22. The van der Waals surface area contributed by atoms with E-state index in [0.29, 0.717) is 19.6 Å². The van der Waals surface area contributed by atoms with E-state index >= 15 is 0 Å². The van der Waals surface area contributed by atoms with Crippen molar-refractivity contribution < 1.29 is 19.0 Å². The fraction of sp³-hybridized carbons (Fsp3) is 0.500. The van der Waals surface area contributed by atoms with Crippen molar-refractivity contribution in [2.45, 2.75) is 39.3 Å². The number of carbonyl (C=O) groups excluding carboxylic acids is 1. The van der Waals surface area contributed by atoms with Gasteiger partial charge in [0.05, 0.1) is 19.6 Å². The van der Waals surface area contributed by atoms with Crippen LogP contribution >= 0.6 is 0 Å². The standard InChI is InChI=1S/C18H23N3O4/c1-4-24-14-5-7-15(8-6-14)25-12(2)17-20-19-16-11-13(18(22)23-3)9-10-21(16)17/h5-8,12-13H,4,9-11H2,1-3H3. The molecule has 0 bridgehead atoms. The maximum absolute atomic E-state index is 11.7. The first-order valence-corrected chi connectivity index (χ1v) is 8.51. The predicted octanol–water partition coefficient (Wildman–Crippen LogP) is 2.55. The van der Waals surface area contributed by atoms with Crippen LogP contribution < -0.4 is 9.47 Å². The van der Waals surface area contributed by atoms with Gasteiger partial charge in [-0.1, -0.05) is 0 Å². The van der Waals surface area contributed by atoms with Gasteiger partial charge in [0.15, 0.2) is 11.9 Å². The van der Waals surface area contributed by atoms with Crippen LogP contribution in [-0.4, -0.2) is 34.5 Å². The monoisotopic (exact) mass is 345 g/mol. The van der Waals surface area contributed by atoms with Crippen LogP contribution in [0.5, 0.6) is 11.5 Å². The minimum Gasteiger partial charge on any atom is -0.494 e. The highest BCUT2D eigenvalue weighted by molar-refractivity contribution is 5.72. The molecule has 2 aromatic rings. The quantitative estimate of drug-likeness (QED) is 0.749. The first-order chi connectivity index (χ1) is 12.1. The summed E-state index contributed by atoms with van der Waals surface area (Å²) in [5, 5.41) is 8.50. The fourth-order valence-electron chi connectivity index (χ4n) is 3.06. The fourth-order valence-corrected chi connectivity index (χ4v) is 3.06. The molecule has 0 saturated carbocycles. The number of fused-ring (bicyclic) bond motifs is 1. The summed E-state index contributed by atoms with van der Waals surface area (Å²) in [4.78, 5) is 11.7. The summed E-state index contributed by atoms with van der Waals surface area (Å²) in [6, 6.07) is 7.52. The Balaban J connectivity index is 1.68. The average molecular weight is 345 g/mol. The third-order valence-corrected chi connectivity index (χ3v) is 4.33. The van der Waals surface area contributed by atoms with Crippen LogP contribution in [0.15, 0.2) is 24.3 Å². The van der Waals surface area contributed by atoms with Gasteiger partial charge in [-0.25, -0.2) is 0 Å². The number of hydrogen-bond acceptors (Lipinski definition) is 6. The Morgan fingerprint density at radius 2 is 2.00 bits per heavy atom. The van der Waals surface area contributed by atoms with Crippen LogP contribution in [-0.2, 0) is 22.5 Å². The summed E-state index contributed by atoms with van der Waals surface area (Å²) in [7, 11) is 1.42. The van der Waals surface area contributed by atoms with E-state index in [2.05, 4.69) is 10.2 Å². The van der Waals surface area contributed by atoms with Crippen molar-refractivity contribution in [2.24, 2.45) is 5.92 Å². The summed E-state index contributed by atoms with van der Waals surface area (Å²) in [6.07, 6.45) is 1.03. The molecule has 3 rings (SSSR count). The van der Waals surface area contributed by atoms with E-state index in [4.69, 9.17) is 14.2 Å². The summed E-state index contributed by atoms with van der Waals surface area (Å²) < 4.78 is 18.3. The molecule has 0 spiro atoms. The van der Waals surface area contributed by atoms with E-state index in [1.54, 1.807) is 0 Å². The minimum absolute atomic E-state index is 0.142. The molecular weight excluding hydrogens is 322 g/mol. The number of benzene rings is 1. The molecule has 0 fully saturated rings. The normalized spacial score (nSPS) is 17.5. The molecule has 1 aliphatic rings. The van der Waals surface area contributed by atoms with Crippen molar-refractivity contribution in [1.82, 2.24) is 14.8 Å². The van der Waals surface area contributed by atoms with Gasteiger partial charge in [-0.05, 0) is 44.5 Å². The van der Waals surface area contributed by atoms with Gasteiger partial charge in [0.1, 0.15) is 17.3 Å². The number of ether oxygens (including phenoxy) is 3. The van der Waals surface area contributed by atoms with Crippen LogP contribution in [0.4, 0.5) is 0 Å². The Morgan fingerprint density at radius 3 is 2.68 bits per heavy atom. The smallest absolute Gasteiger partial charge is 0.309 e. The third kappa shape index (κ3) is 3.75. The lowest BCUT2D eigenvalue weighted by molar-refractivity contribution is -0.146. The molecule has 0 N–H and O–H groups in total. The molecular formula is C18H23N3O4. The van der Waals surface area contributed by atoms with Crippen molar-refractivity contribution in [1.29, 1.82) is 0 Å². The lowest BCUT2D eigenvalue weighted by Gasteiger charge is -2.23. The summed E-state index contributed by atoms with van der Waals surface area (Å²) >= 11 is 0. The molecule has 2 atom stereocenters. The van der Waals surface area contributed by atoms with E-state index in [1.807, 2.05) is 42.7 Å². The van der Waals surface area contributed by atoms with Crippen LogP contribution in [0, 0.1) is 5.92 Å². The van der Waals surface area contributed by atoms with Gasteiger partial charge in [-0.3, -0.25) is 4.79 Å². The maximum atomic E-state index is 11.7. The van der Waals surface area contributed by atoms with Crippen molar-refractivity contribution in [3.05, 3.63) is 35.9 Å². The molecule has 2 heterocycles. The van der Waals surface area contributed by atoms with Crippen molar-refractivity contribution >= 4 is 5.97 Å². The second-order valence-electron chi connectivity index (χ2n) is 6.00. The zero-order valence-electron chi connectivity index (χ0n) is 14.8. The SMILES string of the molecule is CCOc1ccc(OC(C)c2nnc3n2CCC(C(=O)OC)C3)cc1. The van der Waals surface area contributed by atoms with E-state index in [1.165, 1.54) is 7.11 Å². The van der Waals surface area contributed by atoms with Gasteiger partial charge in [-0.2, -0.15) is 0 Å². The predicted molar refractivity (Wildman–Crippen MR) is 90.5 cm³/mol. The minimum atomic E-state index is -0.242. The summed E-state index contributed by atoms with van der Waals surface area (Å²) in [5.41, 5.74) is 0. The molecule has 1 aliphatic heterocycles. The van der Waals surface area contributed by atoms with E-state index in [-0.39, 0.29) is 18.0 Å². The molecule has 0 amide bonds. The zero-order valence-corrected chi connectivity index (χ0v) is 14.8.